The minimum absolute atomic E-state index is 0.00926. The summed E-state index contributed by atoms with van der Waals surface area (Å²) < 4.78 is 1.58. The molecule has 1 unspecified atom stereocenters. The van der Waals surface area contributed by atoms with E-state index in [4.69, 9.17) is 0 Å². The Hall–Kier alpha value is -1.62. The van der Waals surface area contributed by atoms with E-state index in [1.807, 2.05) is 6.92 Å². The SMILES string of the molecule is CCn1cc(NC(=O)CCC2CCCN2)ccc1=O. The van der Waals surface area contributed by atoms with Crippen molar-refractivity contribution >= 4 is 11.6 Å². The van der Waals surface area contributed by atoms with Gasteiger partial charge in [0.1, 0.15) is 0 Å². The molecule has 1 atom stereocenters. The Morgan fingerprint density at radius 3 is 3.05 bits per heavy atom. The van der Waals surface area contributed by atoms with Crippen LogP contribution in [0, 0.1) is 0 Å². The van der Waals surface area contributed by atoms with Crippen molar-refractivity contribution in [3.63, 3.8) is 0 Å². The summed E-state index contributed by atoms with van der Waals surface area (Å²) in [6, 6.07) is 3.62. The van der Waals surface area contributed by atoms with E-state index in [1.165, 1.54) is 12.5 Å². The molecule has 1 fully saturated rings. The van der Waals surface area contributed by atoms with Gasteiger partial charge in [0.15, 0.2) is 0 Å². The zero-order valence-corrected chi connectivity index (χ0v) is 11.3. The molecule has 1 saturated heterocycles. The first-order valence-corrected chi connectivity index (χ1v) is 6.93. The molecular formula is C14H21N3O2. The molecule has 0 bridgehead atoms. The lowest BCUT2D eigenvalue weighted by Crippen LogP contribution is -2.24. The van der Waals surface area contributed by atoms with Crippen molar-refractivity contribution in [2.24, 2.45) is 0 Å². The number of nitrogens with zero attached hydrogens (tertiary/aromatic N) is 1. The fourth-order valence-corrected chi connectivity index (χ4v) is 2.38. The van der Waals surface area contributed by atoms with Crippen LogP contribution in [-0.4, -0.2) is 23.1 Å². The van der Waals surface area contributed by atoms with Gasteiger partial charge >= 0.3 is 0 Å². The number of rotatable bonds is 5. The molecule has 2 N–H and O–H groups in total. The fraction of sp³-hybridized carbons (Fsp3) is 0.571. The van der Waals surface area contributed by atoms with Gasteiger partial charge < -0.3 is 15.2 Å². The van der Waals surface area contributed by atoms with Gasteiger partial charge in [-0.15, -0.1) is 0 Å². The molecule has 0 spiro atoms. The summed E-state index contributed by atoms with van der Waals surface area (Å²) in [5, 5.41) is 6.22. The number of carbonyl (C=O) groups is 1. The summed E-state index contributed by atoms with van der Waals surface area (Å²) in [7, 11) is 0. The van der Waals surface area contributed by atoms with E-state index >= 15 is 0 Å². The monoisotopic (exact) mass is 263 g/mol. The van der Waals surface area contributed by atoms with Gasteiger partial charge in [-0.3, -0.25) is 9.59 Å². The van der Waals surface area contributed by atoms with Crippen LogP contribution in [0.3, 0.4) is 0 Å². The standard InChI is InChI=1S/C14H21N3O2/c1-2-17-10-12(6-8-14(17)19)16-13(18)7-5-11-4-3-9-15-11/h6,8,10-11,15H,2-5,7,9H2,1H3,(H,16,18). The number of aromatic nitrogens is 1. The molecule has 2 heterocycles. The van der Waals surface area contributed by atoms with Gasteiger partial charge in [0.25, 0.3) is 5.56 Å². The third-order valence-electron chi connectivity index (χ3n) is 3.49. The average molecular weight is 263 g/mol. The van der Waals surface area contributed by atoms with Crippen molar-refractivity contribution in [2.75, 3.05) is 11.9 Å². The molecule has 1 aromatic heterocycles. The van der Waals surface area contributed by atoms with Gasteiger partial charge in [-0.2, -0.15) is 0 Å². The van der Waals surface area contributed by atoms with Crippen LogP contribution in [0.2, 0.25) is 0 Å². The Bertz CT molecular complexity index is 490. The number of pyridine rings is 1. The predicted molar refractivity (Wildman–Crippen MR) is 75.3 cm³/mol. The van der Waals surface area contributed by atoms with Crippen LogP contribution in [0.25, 0.3) is 0 Å². The molecule has 0 radical (unpaired) electrons. The topological polar surface area (TPSA) is 63.1 Å². The zero-order valence-electron chi connectivity index (χ0n) is 11.3. The number of hydrogen-bond donors (Lipinski definition) is 2. The number of amides is 1. The second kappa shape index (κ2) is 6.52. The Kier molecular flexibility index (Phi) is 4.74. The molecule has 0 saturated carbocycles. The molecule has 104 valence electrons. The van der Waals surface area contributed by atoms with Crippen molar-refractivity contribution in [3.05, 3.63) is 28.7 Å². The van der Waals surface area contributed by atoms with Crippen LogP contribution in [0.15, 0.2) is 23.1 Å². The maximum atomic E-state index is 11.8. The van der Waals surface area contributed by atoms with E-state index < -0.39 is 0 Å². The lowest BCUT2D eigenvalue weighted by molar-refractivity contribution is -0.116. The first-order valence-electron chi connectivity index (χ1n) is 6.93. The highest BCUT2D eigenvalue weighted by atomic mass is 16.1. The summed E-state index contributed by atoms with van der Waals surface area (Å²) in [5.74, 6) is 0.00926. The number of hydrogen-bond acceptors (Lipinski definition) is 3. The minimum atomic E-state index is -0.0457. The van der Waals surface area contributed by atoms with Crippen molar-refractivity contribution < 1.29 is 4.79 Å². The number of carbonyl (C=O) groups excluding carboxylic acids is 1. The molecule has 0 aromatic carbocycles. The Morgan fingerprint density at radius 1 is 1.53 bits per heavy atom. The van der Waals surface area contributed by atoms with Crippen molar-refractivity contribution in [3.8, 4) is 0 Å². The van der Waals surface area contributed by atoms with Gasteiger partial charge in [-0.25, -0.2) is 0 Å². The molecule has 1 aliphatic rings. The molecule has 5 nitrogen and oxygen atoms in total. The highest BCUT2D eigenvalue weighted by molar-refractivity contribution is 5.90. The van der Waals surface area contributed by atoms with E-state index in [0.717, 1.165) is 19.4 Å². The van der Waals surface area contributed by atoms with Crippen LogP contribution in [0.5, 0.6) is 0 Å². The first-order chi connectivity index (χ1) is 9.19. The summed E-state index contributed by atoms with van der Waals surface area (Å²) >= 11 is 0. The summed E-state index contributed by atoms with van der Waals surface area (Å²) in [6.45, 7) is 3.57. The second-order valence-corrected chi connectivity index (χ2v) is 4.92. The average Bonchev–Trinajstić information content (AvgIpc) is 2.92. The third kappa shape index (κ3) is 3.92. The summed E-state index contributed by atoms with van der Waals surface area (Å²) in [5.41, 5.74) is 0.640. The largest absolute Gasteiger partial charge is 0.325 e. The summed E-state index contributed by atoms with van der Waals surface area (Å²) in [6.07, 6.45) is 5.44. The Balaban J connectivity index is 1.85. The highest BCUT2D eigenvalue weighted by Gasteiger charge is 2.15. The first kappa shape index (κ1) is 13.8. The second-order valence-electron chi connectivity index (χ2n) is 4.92. The predicted octanol–water partition coefficient (Wildman–Crippen LogP) is 1.34. The molecule has 0 aliphatic carbocycles. The lowest BCUT2D eigenvalue weighted by atomic mass is 10.1. The maximum absolute atomic E-state index is 11.8. The molecule has 1 aromatic rings. The highest BCUT2D eigenvalue weighted by Crippen LogP contribution is 2.12. The normalized spacial score (nSPS) is 18.5. The smallest absolute Gasteiger partial charge is 0.250 e. The van der Waals surface area contributed by atoms with Crippen molar-refractivity contribution in [2.45, 2.75) is 45.2 Å². The third-order valence-corrected chi connectivity index (χ3v) is 3.49. The van der Waals surface area contributed by atoms with Crippen molar-refractivity contribution in [1.82, 2.24) is 9.88 Å². The van der Waals surface area contributed by atoms with Gasteiger partial charge in [-0.1, -0.05) is 0 Å². The van der Waals surface area contributed by atoms with Gasteiger partial charge in [-0.05, 0) is 38.8 Å². The molecule has 1 amide bonds. The van der Waals surface area contributed by atoms with E-state index in [-0.39, 0.29) is 11.5 Å². The Labute approximate surface area is 113 Å². The quantitative estimate of drug-likeness (QED) is 0.842. The van der Waals surface area contributed by atoms with Gasteiger partial charge in [0.05, 0.1) is 5.69 Å². The van der Waals surface area contributed by atoms with Gasteiger partial charge in [0.2, 0.25) is 5.91 Å². The number of nitrogens with one attached hydrogen (secondary N) is 2. The minimum Gasteiger partial charge on any atom is -0.325 e. The van der Waals surface area contributed by atoms with Crippen LogP contribution >= 0.6 is 0 Å². The molecule has 1 aliphatic heterocycles. The van der Waals surface area contributed by atoms with E-state index in [2.05, 4.69) is 10.6 Å². The van der Waals surface area contributed by atoms with Crippen LogP contribution in [0.4, 0.5) is 5.69 Å². The molecular weight excluding hydrogens is 242 g/mol. The van der Waals surface area contributed by atoms with E-state index in [9.17, 15) is 9.59 Å². The zero-order chi connectivity index (χ0) is 13.7. The van der Waals surface area contributed by atoms with Crippen LogP contribution in [0.1, 0.15) is 32.6 Å². The van der Waals surface area contributed by atoms with E-state index in [1.54, 1.807) is 16.8 Å². The summed E-state index contributed by atoms with van der Waals surface area (Å²) in [4.78, 5) is 23.3. The van der Waals surface area contributed by atoms with Crippen LogP contribution in [-0.2, 0) is 11.3 Å². The Morgan fingerprint density at radius 2 is 2.37 bits per heavy atom. The van der Waals surface area contributed by atoms with Crippen LogP contribution < -0.4 is 16.2 Å². The molecule has 2 rings (SSSR count). The maximum Gasteiger partial charge on any atom is 0.250 e. The van der Waals surface area contributed by atoms with Crippen molar-refractivity contribution in [1.29, 1.82) is 0 Å². The number of aryl methyl sites for hydroxylation is 1. The molecule has 19 heavy (non-hydrogen) atoms. The van der Waals surface area contributed by atoms with E-state index in [0.29, 0.717) is 24.7 Å². The lowest BCUT2D eigenvalue weighted by Gasteiger charge is -2.11. The van der Waals surface area contributed by atoms with Gasteiger partial charge in [0, 0.05) is 31.3 Å². The number of anilines is 1. The molecule has 5 heteroatoms. The fourth-order valence-electron chi connectivity index (χ4n) is 2.38.